The van der Waals surface area contributed by atoms with Crippen molar-refractivity contribution in [3.63, 3.8) is 0 Å². The monoisotopic (exact) mass is 405 g/mol. The lowest BCUT2D eigenvalue weighted by Gasteiger charge is -2.13. The molecule has 3 aromatic rings. The zero-order chi connectivity index (χ0) is 20.8. The summed E-state index contributed by atoms with van der Waals surface area (Å²) in [4.78, 5) is 13.6. The zero-order valence-corrected chi connectivity index (χ0v) is 17.5. The third kappa shape index (κ3) is 4.64. The van der Waals surface area contributed by atoms with E-state index in [0.717, 1.165) is 27.5 Å². The van der Waals surface area contributed by atoms with Crippen molar-refractivity contribution in [1.29, 1.82) is 5.26 Å². The molecule has 0 aliphatic heterocycles. The van der Waals surface area contributed by atoms with Crippen LogP contribution in [0.4, 0.5) is 5.82 Å². The molecule has 2 aromatic carbocycles. The topological polar surface area (TPSA) is 67.0 Å². The first kappa shape index (κ1) is 20.6. The Morgan fingerprint density at radius 1 is 1.14 bits per heavy atom. The van der Waals surface area contributed by atoms with Crippen molar-refractivity contribution in [2.24, 2.45) is 0 Å². The third-order valence-electron chi connectivity index (χ3n) is 4.81. The van der Waals surface area contributed by atoms with Crippen molar-refractivity contribution in [1.82, 2.24) is 4.57 Å². The van der Waals surface area contributed by atoms with Crippen LogP contribution in [0.15, 0.2) is 59.5 Å². The average Bonchev–Trinajstić information content (AvgIpc) is 2.97. The minimum Gasteiger partial charge on any atom is -0.496 e. The van der Waals surface area contributed by atoms with Gasteiger partial charge in [-0.05, 0) is 37.1 Å². The van der Waals surface area contributed by atoms with Gasteiger partial charge in [0.25, 0.3) is 0 Å². The summed E-state index contributed by atoms with van der Waals surface area (Å²) in [6.45, 7) is 4.47. The Morgan fingerprint density at radius 2 is 1.83 bits per heavy atom. The number of amides is 1. The maximum atomic E-state index is 12.7. The Balaban J connectivity index is 1.81. The van der Waals surface area contributed by atoms with Crippen LogP contribution in [-0.4, -0.2) is 23.3 Å². The van der Waals surface area contributed by atoms with Crippen molar-refractivity contribution in [3.05, 3.63) is 77.0 Å². The van der Waals surface area contributed by atoms with Crippen molar-refractivity contribution >= 4 is 23.5 Å². The van der Waals surface area contributed by atoms with Crippen LogP contribution < -0.4 is 10.1 Å². The van der Waals surface area contributed by atoms with Crippen LogP contribution in [0, 0.1) is 25.2 Å². The quantitative estimate of drug-likeness (QED) is 0.575. The second-order valence-corrected chi connectivity index (χ2v) is 7.62. The van der Waals surface area contributed by atoms with E-state index in [1.54, 1.807) is 7.11 Å². The van der Waals surface area contributed by atoms with E-state index in [9.17, 15) is 10.1 Å². The number of carbonyl (C=O) groups is 1. The molecular weight excluding hydrogens is 382 g/mol. The van der Waals surface area contributed by atoms with Gasteiger partial charge < -0.3 is 14.6 Å². The second-order valence-electron chi connectivity index (χ2n) is 6.61. The van der Waals surface area contributed by atoms with Crippen molar-refractivity contribution in [2.75, 3.05) is 18.2 Å². The Kier molecular flexibility index (Phi) is 6.63. The predicted molar refractivity (Wildman–Crippen MR) is 117 cm³/mol. The molecule has 0 fully saturated rings. The number of thioether (sulfide) groups is 1. The van der Waals surface area contributed by atoms with Gasteiger partial charge >= 0.3 is 0 Å². The highest BCUT2D eigenvalue weighted by Crippen LogP contribution is 2.30. The Labute approximate surface area is 175 Å². The molecule has 0 bridgehead atoms. The fourth-order valence-corrected chi connectivity index (χ4v) is 3.97. The third-order valence-corrected chi connectivity index (χ3v) is 5.87. The number of nitrogens with zero attached hydrogens (tertiary/aromatic N) is 2. The average molecular weight is 406 g/mol. The smallest absolute Gasteiger partial charge is 0.235 e. The van der Waals surface area contributed by atoms with Gasteiger partial charge in [0.2, 0.25) is 5.91 Å². The first-order valence-electron chi connectivity index (χ1n) is 9.24. The molecule has 1 heterocycles. The maximum absolute atomic E-state index is 12.7. The van der Waals surface area contributed by atoms with E-state index in [2.05, 4.69) is 11.4 Å². The number of para-hydroxylation sites is 1. The first-order chi connectivity index (χ1) is 14.0. The molecule has 0 saturated carbocycles. The lowest BCUT2D eigenvalue weighted by molar-refractivity contribution is -0.113. The van der Waals surface area contributed by atoms with Gasteiger partial charge in [0, 0.05) is 17.1 Å². The largest absolute Gasteiger partial charge is 0.496 e. The highest BCUT2D eigenvalue weighted by atomic mass is 32.2. The summed E-state index contributed by atoms with van der Waals surface area (Å²) in [5, 5.41) is 12.6. The van der Waals surface area contributed by atoms with Crippen LogP contribution in [0.5, 0.6) is 5.75 Å². The molecule has 0 saturated heterocycles. The summed E-state index contributed by atoms with van der Waals surface area (Å²) in [6.07, 6.45) is 0. The molecule has 29 heavy (non-hydrogen) atoms. The highest BCUT2D eigenvalue weighted by molar-refractivity contribution is 8.00. The van der Waals surface area contributed by atoms with Gasteiger partial charge in [0.15, 0.2) is 0 Å². The summed E-state index contributed by atoms with van der Waals surface area (Å²) < 4.78 is 7.33. The number of ether oxygens (including phenoxy) is 1. The summed E-state index contributed by atoms with van der Waals surface area (Å²) >= 11 is 1.40. The molecule has 1 amide bonds. The standard InChI is InChI=1S/C23H23N3O2S/c1-16-17(2)26(14-18-9-5-4-6-10-18)23(19(16)13-24)25-22(27)15-29-21-12-8-7-11-20(21)28-3/h4-12H,14-15H2,1-3H3,(H,25,27). The SMILES string of the molecule is COc1ccccc1SCC(=O)Nc1c(C#N)c(C)c(C)n1Cc1ccccc1. The molecular formula is C23H23N3O2S. The van der Waals surface area contributed by atoms with E-state index in [-0.39, 0.29) is 11.7 Å². The van der Waals surface area contributed by atoms with Crippen molar-refractivity contribution in [3.8, 4) is 11.8 Å². The molecule has 0 aliphatic rings. The van der Waals surface area contributed by atoms with E-state index >= 15 is 0 Å². The molecule has 0 aliphatic carbocycles. The number of aromatic nitrogens is 1. The number of nitriles is 1. The zero-order valence-electron chi connectivity index (χ0n) is 16.7. The summed E-state index contributed by atoms with van der Waals surface area (Å²) in [5.74, 6) is 1.35. The van der Waals surface area contributed by atoms with E-state index in [4.69, 9.17) is 4.74 Å². The van der Waals surface area contributed by atoms with Gasteiger partial charge in [0.05, 0.1) is 18.4 Å². The molecule has 0 radical (unpaired) electrons. The minimum atomic E-state index is -0.163. The Bertz CT molecular complexity index is 1050. The van der Waals surface area contributed by atoms with E-state index in [0.29, 0.717) is 17.9 Å². The van der Waals surface area contributed by atoms with Crippen LogP contribution in [0.1, 0.15) is 22.4 Å². The molecule has 5 nitrogen and oxygen atoms in total. The van der Waals surface area contributed by atoms with Crippen LogP contribution >= 0.6 is 11.8 Å². The Morgan fingerprint density at radius 3 is 2.52 bits per heavy atom. The summed E-state index contributed by atoms with van der Waals surface area (Å²) in [7, 11) is 1.61. The lowest BCUT2D eigenvalue weighted by Crippen LogP contribution is -2.18. The number of hydrogen-bond donors (Lipinski definition) is 1. The van der Waals surface area contributed by atoms with Crippen molar-refractivity contribution < 1.29 is 9.53 Å². The van der Waals surface area contributed by atoms with Crippen molar-refractivity contribution in [2.45, 2.75) is 25.3 Å². The molecule has 1 N–H and O–H groups in total. The van der Waals surface area contributed by atoms with E-state index in [1.807, 2.05) is 73.0 Å². The van der Waals surface area contributed by atoms with Gasteiger partial charge in [0.1, 0.15) is 17.6 Å². The summed E-state index contributed by atoms with van der Waals surface area (Å²) in [5.41, 5.74) is 3.47. The summed E-state index contributed by atoms with van der Waals surface area (Å²) in [6, 6.07) is 19.8. The highest BCUT2D eigenvalue weighted by Gasteiger charge is 2.20. The molecule has 1 aromatic heterocycles. The van der Waals surface area contributed by atoms with Gasteiger partial charge in [-0.1, -0.05) is 42.5 Å². The van der Waals surface area contributed by atoms with Gasteiger partial charge in [-0.3, -0.25) is 4.79 Å². The molecule has 0 atom stereocenters. The number of anilines is 1. The van der Waals surface area contributed by atoms with Crippen LogP contribution in [0.2, 0.25) is 0 Å². The second kappa shape index (κ2) is 9.35. The molecule has 6 heteroatoms. The normalized spacial score (nSPS) is 10.4. The number of carbonyl (C=O) groups excluding carboxylic acids is 1. The lowest BCUT2D eigenvalue weighted by atomic mass is 10.2. The van der Waals surface area contributed by atoms with Crippen LogP contribution in [0.3, 0.4) is 0 Å². The van der Waals surface area contributed by atoms with E-state index < -0.39 is 0 Å². The molecule has 148 valence electrons. The Hall–Kier alpha value is -3.17. The maximum Gasteiger partial charge on any atom is 0.235 e. The van der Waals surface area contributed by atoms with Gasteiger partial charge in [-0.2, -0.15) is 5.26 Å². The van der Waals surface area contributed by atoms with Crippen LogP contribution in [0.25, 0.3) is 0 Å². The fourth-order valence-electron chi connectivity index (χ4n) is 3.14. The fraction of sp³-hybridized carbons (Fsp3) is 0.217. The van der Waals surface area contributed by atoms with E-state index in [1.165, 1.54) is 11.8 Å². The molecule has 0 spiro atoms. The first-order valence-corrected chi connectivity index (χ1v) is 10.2. The number of nitrogens with one attached hydrogen (secondary N) is 1. The molecule has 3 rings (SSSR count). The van der Waals surface area contributed by atoms with Crippen LogP contribution in [-0.2, 0) is 11.3 Å². The number of rotatable bonds is 7. The number of hydrogen-bond acceptors (Lipinski definition) is 4. The minimum absolute atomic E-state index is 0.163. The van der Waals surface area contributed by atoms with Gasteiger partial charge in [-0.25, -0.2) is 0 Å². The number of benzene rings is 2. The van der Waals surface area contributed by atoms with Gasteiger partial charge in [-0.15, -0.1) is 11.8 Å². The molecule has 0 unspecified atom stereocenters. The number of methoxy groups -OCH3 is 1. The predicted octanol–water partition coefficient (Wildman–Crippen LogP) is 4.76.